The van der Waals surface area contributed by atoms with Gasteiger partial charge in [0, 0.05) is 23.2 Å². The van der Waals surface area contributed by atoms with Gasteiger partial charge in [0.1, 0.15) is 17.3 Å². The molecule has 0 spiro atoms. The first-order valence-electron chi connectivity index (χ1n) is 13.3. The van der Waals surface area contributed by atoms with E-state index in [2.05, 4.69) is 35.3 Å². The molecule has 0 saturated carbocycles. The van der Waals surface area contributed by atoms with Gasteiger partial charge in [-0.05, 0) is 71.3 Å². The van der Waals surface area contributed by atoms with Crippen molar-refractivity contribution in [2.24, 2.45) is 5.73 Å². The summed E-state index contributed by atoms with van der Waals surface area (Å²) < 4.78 is 66.9. The van der Waals surface area contributed by atoms with E-state index in [0.717, 1.165) is 27.3 Å². The number of alkyl halides is 3. The van der Waals surface area contributed by atoms with E-state index in [1.54, 1.807) is 36.7 Å². The Morgan fingerprint density at radius 1 is 0.909 bits per heavy atom. The molecule has 8 nitrogen and oxygen atoms in total. The highest BCUT2D eigenvalue weighted by atomic mass is 32.2. The maximum Gasteiger partial charge on any atom is 0.490 e. The van der Waals surface area contributed by atoms with Gasteiger partial charge in [-0.3, -0.25) is 4.98 Å². The lowest BCUT2D eigenvalue weighted by Gasteiger charge is -2.11. The SMILES string of the molecule is NCCc1cn(S(=O)(=O)c2cccc3cccnc23)c2ccc(OCc3ccc4ccccc4c3)cc12.O=C(O)C(F)(F)F. The van der Waals surface area contributed by atoms with Gasteiger partial charge in [-0.2, -0.15) is 13.2 Å². The summed E-state index contributed by atoms with van der Waals surface area (Å²) in [6.45, 7) is 0.806. The largest absolute Gasteiger partial charge is 0.490 e. The maximum atomic E-state index is 13.8. The Bertz CT molecular complexity index is 2090. The number of rotatable bonds is 7. The smallest absolute Gasteiger partial charge is 0.489 e. The molecule has 0 aliphatic carbocycles. The average molecular weight is 622 g/mol. The highest BCUT2D eigenvalue weighted by Crippen LogP contribution is 2.32. The number of aromatic nitrogens is 2. The zero-order valence-electron chi connectivity index (χ0n) is 23.0. The number of nitrogens with two attached hydrogens (primary N) is 1. The topological polar surface area (TPSA) is 125 Å². The fraction of sp³-hybridized carbons (Fsp3) is 0.125. The van der Waals surface area contributed by atoms with Crippen LogP contribution in [0.15, 0.2) is 108 Å². The molecule has 6 rings (SSSR count). The van der Waals surface area contributed by atoms with Crippen molar-refractivity contribution < 1.29 is 36.2 Å². The van der Waals surface area contributed by atoms with E-state index in [1.165, 1.54) is 9.36 Å². The second-order valence-corrected chi connectivity index (χ2v) is 11.6. The van der Waals surface area contributed by atoms with Crippen LogP contribution in [-0.4, -0.2) is 41.2 Å². The van der Waals surface area contributed by atoms with Crippen LogP contribution in [0, 0.1) is 0 Å². The van der Waals surface area contributed by atoms with Crippen molar-refractivity contribution in [3.63, 3.8) is 0 Å². The maximum absolute atomic E-state index is 13.8. The Labute approximate surface area is 250 Å². The molecule has 12 heteroatoms. The number of halogens is 3. The van der Waals surface area contributed by atoms with Gasteiger partial charge >= 0.3 is 12.1 Å². The van der Waals surface area contributed by atoms with Gasteiger partial charge in [0.15, 0.2) is 0 Å². The number of pyridine rings is 1. The van der Waals surface area contributed by atoms with Crippen LogP contribution in [0.5, 0.6) is 5.75 Å². The van der Waals surface area contributed by atoms with Crippen molar-refractivity contribution in [3.8, 4) is 5.75 Å². The minimum atomic E-state index is -5.08. The van der Waals surface area contributed by atoms with Crippen LogP contribution in [0.3, 0.4) is 0 Å². The lowest BCUT2D eigenvalue weighted by Crippen LogP contribution is -2.21. The van der Waals surface area contributed by atoms with Crippen molar-refractivity contribution >= 4 is 48.6 Å². The molecule has 0 radical (unpaired) electrons. The fourth-order valence-corrected chi connectivity index (χ4v) is 6.34. The third-order valence-corrected chi connectivity index (χ3v) is 8.54. The summed E-state index contributed by atoms with van der Waals surface area (Å²) in [5.74, 6) is -2.09. The van der Waals surface area contributed by atoms with Crippen molar-refractivity contribution in [3.05, 3.63) is 115 Å². The second kappa shape index (κ2) is 12.3. The zero-order valence-corrected chi connectivity index (χ0v) is 23.8. The summed E-state index contributed by atoms with van der Waals surface area (Å²) >= 11 is 0. The van der Waals surface area contributed by atoms with Crippen LogP contribution in [0.25, 0.3) is 32.6 Å². The first-order chi connectivity index (χ1) is 21.0. The number of carboxylic acids is 1. The molecule has 2 aromatic heterocycles. The van der Waals surface area contributed by atoms with Gasteiger partial charge in [-0.25, -0.2) is 17.2 Å². The lowest BCUT2D eigenvalue weighted by atomic mass is 10.1. The lowest BCUT2D eigenvalue weighted by molar-refractivity contribution is -0.192. The number of carboxylic acid groups (broad SMARTS) is 1. The molecule has 0 bridgehead atoms. The molecular weight excluding hydrogens is 595 g/mol. The molecule has 0 unspecified atom stereocenters. The zero-order chi connectivity index (χ0) is 31.5. The summed E-state index contributed by atoms with van der Waals surface area (Å²) in [4.78, 5) is 13.4. The van der Waals surface area contributed by atoms with Crippen molar-refractivity contribution in [2.45, 2.75) is 24.1 Å². The van der Waals surface area contributed by atoms with Gasteiger partial charge in [0.2, 0.25) is 0 Å². The Kier molecular flexibility index (Phi) is 8.56. The summed E-state index contributed by atoms with van der Waals surface area (Å²) in [5, 5.41) is 11.0. The van der Waals surface area contributed by atoms with E-state index in [4.69, 9.17) is 20.4 Å². The van der Waals surface area contributed by atoms with Crippen LogP contribution in [-0.2, 0) is 27.8 Å². The van der Waals surface area contributed by atoms with Gasteiger partial charge in [0.05, 0.1) is 11.0 Å². The van der Waals surface area contributed by atoms with Gasteiger partial charge in [-0.1, -0.05) is 54.6 Å². The quantitative estimate of drug-likeness (QED) is 0.215. The molecule has 0 fully saturated rings. The van der Waals surface area contributed by atoms with E-state index < -0.39 is 22.2 Å². The van der Waals surface area contributed by atoms with E-state index in [0.29, 0.717) is 36.4 Å². The van der Waals surface area contributed by atoms with E-state index in [9.17, 15) is 21.6 Å². The molecule has 0 aliphatic heterocycles. The van der Waals surface area contributed by atoms with Crippen molar-refractivity contribution in [1.29, 1.82) is 0 Å². The Morgan fingerprint density at radius 2 is 1.61 bits per heavy atom. The average Bonchev–Trinajstić information content (AvgIpc) is 3.38. The number of fused-ring (bicyclic) bond motifs is 3. The number of carbonyl (C=O) groups is 1. The number of hydrogen-bond donors (Lipinski definition) is 2. The molecule has 226 valence electrons. The molecule has 0 atom stereocenters. The molecule has 0 amide bonds. The van der Waals surface area contributed by atoms with E-state index in [1.807, 2.05) is 36.4 Å². The highest BCUT2D eigenvalue weighted by molar-refractivity contribution is 7.90. The van der Waals surface area contributed by atoms with E-state index >= 15 is 0 Å². The summed E-state index contributed by atoms with van der Waals surface area (Å²) in [6.07, 6.45) is -1.27. The van der Waals surface area contributed by atoms with Crippen LogP contribution >= 0.6 is 0 Å². The summed E-state index contributed by atoms with van der Waals surface area (Å²) in [5.41, 5.74) is 8.81. The van der Waals surface area contributed by atoms with Crippen LogP contribution < -0.4 is 10.5 Å². The van der Waals surface area contributed by atoms with Gasteiger partial charge in [-0.15, -0.1) is 0 Å². The van der Waals surface area contributed by atoms with Gasteiger partial charge in [0.25, 0.3) is 10.0 Å². The number of nitrogens with zero attached hydrogens (tertiary/aromatic N) is 2. The minimum Gasteiger partial charge on any atom is -0.489 e. The predicted octanol–water partition coefficient (Wildman–Crippen LogP) is 6.29. The van der Waals surface area contributed by atoms with Crippen LogP contribution in [0.2, 0.25) is 0 Å². The third kappa shape index (κ3) is 6.36. The number of benzene rings is 4. The molecule has 6 aromatic rings. The normalized spacial score (nSPS) is 11.8. The molecule has 2 heterocycles. The highest BCUT2D eigenvalue weighted by Gasteiger charge is 2.38. The molecular formula is C32H26F3N3O5S. The predicted molar refractivity (Wildman–Crippen MR) is 161 cm³/mol. The van der Waals surface area contributed by atoms with Crippen molar-refractivity contribution in [1.82, 2.24) is 8.96 Å². The number of para-hydroxylation sites is 1. The first kappa shape index (κ1) is 30.5. The monoisotopic (exact) mass is 621 g/mol. The van der Waals surface area contributed by atoms with Crippen LogP contribution in [0.4, 0.5) is 13.2 Å². The minimum absolute atomic E-state index is 0.165. The van der Waals surface area contributed by atoms with Gasteiger partial charge < -0.3 is 15.6 Å². The Balaban J connectivity index is 0.000000493. The molecule has 4 aromatic carbocycles. The first-order valence-corrected chi connectivity index (χ1v) is 14.8. The summed E-state index contributed by atoms with van der Waals surface area (Å²) in [6, 6.07) is 28.8. The van der Waals surface area contributed by atoms with Crippen molar-refractivity contribution in [2.75, 3.05) is 6.54 Å². The van der Waals surface area contributed by atoms with E-state index in [-0.39, 0.29) is 4.90 Å². The summed E-state index contributed by atoms with van der Waals surface area (Å²) in [7, 11) is -3.91. The fourth-order valence-electron chi connectivity index (χ4n) is 4.77. The number of aliphatic carboxylic acids is 1. The second-order valence-electron chi connectivity index (χ2n) is 9.78. The van der Waals surface area contributed by atoms with Crippen LogP contribution in [0.1, 0.15) is 11.1 Å². The molecule has 3 N–H and O–H groups in total. The number of hydrogen-bond acceptors (Lipinski definition) is 6. The number of ether oxygens (including phenoxy) is 1. The molecule has 44 heavy (non-hydrogen) atoms. The molecule has 0 saturated heterocycles. The Morgan fingerprint density at radius 3 is 2.34 bits per heavy atom. The third-order valence-electron chi connectivity index (χ3n) is 6.83. The Hall–Kier alpha value is -4.94. The molecule has 0 aliphatic rings. The standard InChI is InChI=1S/C30H25N3O3S.C2HF3O2/c31-15-14-25-19-33(37(34,35)29-9-3-7-23-8-4-16-32-30(23)29)28-13-12-26(18-27(25)28)36-20-21-10-11-22-5-1-2-6-24(22)17-21;3-2(4,5)1(6)7/h1-13,16-19H,14-15,20,31H2;(H,6,7).